The first kappa shape index (κ1) is 26.4. The number of hydrogen-bond acceptors (Lipinski definition) is 8. The van der Waals surface area contributed by atoms with Crippen LogP contribution < -0.4 is 10.6 Å². The molecule has 40 heavy (non-hydrogen) atoms. The Bertz CT molecular complexity index is 1620. The van der Waals surface area contributed by atoms with Gasteiger partial charge in [-0.05, 0) is 53.6 Å². The van der Waals surface area contributed by atoms with Crippen molar-refractivity contribution >= 4 is 46.1 Å². The SMILES string of the molecule is CC(=O)N1CC(C(=O)O)C(c2ccc(NCC(=O)Cc3ccc4nc(Nc5cccc(C#N)c5)oc4c3)cc2)C1. The molecule has 10 heteroatoms. The van der Waals surface area contributed by atoms with Crippen LogP contribution in [-0.2, 0) is 20.8 Å². The molecular weight excluding hydrogens is 510 g/mol. The first-order valence-corrected chi connectivity index (χ1v) is 12.8. The van der Waals surface area contributed by atoms with E-state index in [-0.39, 0.29) is 37.1 Å². The van der Waals surface area contributed by atoms with Crippen molar-refractivity contribution < 1.29 is 23.9 Å². The van der Waals surface area contributed by atoms with Gasteiger partial charge in [0.1, 0.15) is 5.52 Å². The zero-order valence-corrected chi connectivity index (χ0v) is 21.8. The van der Waals surface area contributed by atoms with E-state index >= 15 is 0 Å². The van der Waals surface area contributed by atoms with Gasteiger partial charge in [0.25, 0.3) is 6.01 Å². The maximum absolute atomic E-state index is 12.7. The molecule has 1 fully saturated rings. The second kappa shape index (κ2) is 11.3. The van der Waals surface area contributed by atoms with E-state index in [9.17, 15) is 19.5 Å². The Balaban J connectivity index is 1.17. The quantitative estimate of drug-likeness (QED) is 0.284. The number of benzene rings is 3. The lowest BCUT2D eigenvalue weighted by atomic mass is 9.89. The smallest absolute Gasteiger partial charge is 0.308 e. The number of oxazole rings is 1. The minimum atomic E-state index is -0.914. The number of ketones is 1. The van der Waals surface area contributed by atoms with Crippen molar-refractivity contribution in [3.8, 4) is 6.07 Å². The third-order valence-corrected chi connectivity index (χ3v) is 7.01. The summed E-state index contributed by atoms with van der Waals surface area (Å²) < 4.78 is 5.80. The number of carbonyl (C=O) groups is 3. The average Bonchev–Trinajstić information content (AvgIpc) is 3.57. The highest BCUT2D eigenvalue weighted by Gasteiger charge is 2.39. The van der Waals surface area contributed by atoms with E-state index in [4.69, 9.17) is 9.68 Å². The largest absolute Gasteiger partial charge is 0.481 e. The number of aromatic nitrogens is 1. The van der Waals surface area contributed by atoms with Gasteiger partial charge in [0.05, 0.1) is 24.1 Å². The Morgan fingerprint density at radius 2 is 1.88 bits per heavy atom. The summed E-state index contributed by atoms with van der Waals surface area (Å²) in [5, 5.41) is 24.8. The molecular formula is C30H27N5O5. The predicted molar refractivity (Wildman–Crippen MR) is 148 cm³/mol. The first-order chi connectivity index (χ1) is 19.3. The summed E-state index contributed by atoms with van der Waals surface area (Å²) in [6.45, 7) is 2.15. The van der Waals surface area contributed by atoms with Gasteiger partial charge < -0.3 is 25.1 Å². The lowest BCUT2D eigenvalue weighted by Crippen LogP contribution is -2.27. The number of carbonyl (C=O) groups excluding carboxylic acids is 2. The predicted octanol–water partition coefficient (Wildman–Crippen LogP) is 4.31. The van der Waals surface area contributed by atoms with Gasteiger partial charge in [-0.15, -0.1) is 0 Å². The van der Waals surface area contributed by atoms with Crippen LogP contribution in [0.4, 0.5) is 17.4 Å². The van der Waals surface area contributed by atoms with Crippen LogP contribution in [0.25, 0.3) is 11.1 Å². The molecule has 2 atom stereocenters. The molecule has 202 valence electrons. The number of nitriles is 1. The van der Waals surface area contributed by atoms with Crippen molar-refractivity contribution in [3.63, 3.8) is 0 Å². The molecule has 1 saturated heterocycles. The normalized spacial score (nSPS) is 16.4. The van der Waals surface area contributed by atoms with Crippen LogP contribution in [0.1, 0.15) is 29.5 Å². The van der Waals surface area contributed by atoms with Crippen LogP contribution in [0, 0.1) is 17.2 Å². The topological polar surface area (TPSA) is 149 Å². The van der Waals surface area contributed by atoms with Crippen LogP contribution in [0.2, 0.25) is 0 Å². The van der Waals surface area contributed by atoms with E-state index in [0.717, 1.165) is 16.8 Å². The fourth-order valence-electron chi connectivity index (χ4n) is 4.91. The monoisotopic (exact) mass is 537 g/mol. The highest BCUT2D eigenvalue weighted by molar-refractivity contribution is 5.86. The summed E-state index contributed by atoms with van der Waals surface area (Å²) in [5.74, 6) is -1.99. The molecule has 1 aromatic heterocycles. The van der Waals surface area contributed by atoms with Crippen molar-refractivity contribution in [1.82, 2.24) is 9.88 Å². The molecule has 2 unspecified atom stereocenters. The number of aliphatic carboxylic acids is 1. The maximum atomic E-state index is 12.7. The number of Topliss-reactive ketones (excluding diaryl/α,β-unsaturated/α-hetero) is 1. The summed E-state index contributed by atoms with van der Waals surface area (Å²) in [6, 6.07) is 22.1. The van der Waals surface area contributed by atoms with E-state index in [1.54, 1.807) is 35.2 Å². The molecule has 0 radical (unpaired) electrons. The van der Waals surface area contributed by atoms with Crippen LogP contribution >= 0.6 is 0 Å². The van der Waals surface area contributed by atoms with Gasteiger partial charge in [-0.2, -0.15) is 10.2 Å². The third kappa shape index (κ3) is 5.94. The number of anilines is 3. The van der Waals surface area contributed by atoms with E-state index in [1.807, 2.05) is 36.4 Å². The van der Waals surface area contributed by atoms with Gasteiger partial charge >= 0.3 is 5.97 Å². The number of nitrogens with zero attached hydrogens (tertiary/aromatic N) is 3. The Morgan fingerprint density at radius 1 is 1.07 bits per heavy atom. The van der Waals surface area contributed by atoms with Crippen LogP contribution in [0.15, 0.2) is 71.1 Å². The number of hydrogen-bond donors (Lipinski definition) is 3. The molecule has 2 heterocycles. The van der Waals surface area contributed by atoms with Crippen LogP contribution in [-0.4, -0.2) is 52.3 Å². The van der Waals surface area contributed by atoms with Crippen LogP contribution in [0.5, 0.6) is 0 Å². The summed E-state index contributed by atoms with van der Waals surface area (Å²) >= 11 is 0. The summed E-state index contributed by atoms with van der Waals surface area (Å²) in [5.41, 5.74) is 4.78. The molecule has 1 aliphatic heterocycles. The fourth-order valence-corrected chi connectivity index (χ4v) is 4.91. The van der Waals surface area contributed by atoms with Gasteiger partial charge in [0.15, 0.2) is 11.4 Å². The Hall–Kier alpha value is -5.17. The number of carboxylic acid groups (broad SMARTS) is 1. The molecule has 10 nitrogen and oxygen atoms in total. The Labute approximate surface area is 230 Å². The van der Waals surface area contributed by atoms with E-state index in [0.29, 0.717) is 34.9 Å². The Kier molecular flexibility index (Phi) is 7.46. The molecule has 1 amide bonds. The summed E-state index contributed by atoms with van der Waals surface area (Å²) in [4.78, 5) is 42.1. The number of carboxylic acids is 1. The van der Waals surface area contributed by atoms with E-state index < -0.39 is 11.9 Å². The van der Waals surface area contributed by atoms with Crippen molar-refractivity contribution in [1.29, 1.82) is 5.26 Å². The number of likely N-dealkylation sites (tertiary alicyclic amines) is 1. The average molecular weight is 538 g/mol. The number of amides is 1. The highest BCUT2D eigenvalue weighted by Crippen LogP contribution is 2.33. The second-order valence-electron chi connectivity index (χ2n) is 9.80. The van der Waals surface area contributed by atoms with Crippen LogP contribution in [0.3, 0.4) is 0 Å². The zero-order chi connectivity index (χ0) is 28.2. The molecule has 4 aromatic rings. The summed E-state index contributed by atoms with van der Waals surface area (Å²) in [7, 11) is 0. The third-order valence-electron chi connectivity index (χ3n) is 7.01. The number of rotatable bonds is 9. The zero-order valence-electron chi connectivity index (χ0n) is 21.8. The van der Waals surface area contributed by atoms with Crippen molar-refractivity contribution in [2.45, 2.75) is 19.3 Å². The van der Waals surface area contributed by atoms with E-state index in [2.05, 4.69) is 21.7 Å². The van der Waals surface area contributed by atoms with E-state index in [1.165, 1.54) is 6.92 Å². The molecule has 0 spiro atoms. The first-order valence-electron chi connectivity index (χ1n) is 12.8. The van der Waals surface area contributed by atoms with Crippen molar-refractivity contribution in [2.24, 2.45) is 5.92 Å². The number of fused-ring (bicyclic) bond motifs is 1. The minimum Gasteiger partial charge on any atom is -0.481 e. The second-order valence-corrected chi connectivity index (χ2v) is 9.80. The molecule has 1 aliphatic rings. The molecule has 5 rings (SSSR count). The lowest BCUT2D eigenvalue weighted by molar-refractivity contribution is -0.141. The highest BCUT2D eigenvalue weighted by atomic mass is 16.4. The Morgan fingerprint density at radius 3 is 2.60 bits per heavy atom. The molecule has 3 N–H and O–H groups in total. The molecule has 3 aromatic carbocycles. The summed E-state index contributed by atoms with van der Waals surface area (Å²) in [6.07, 6.45) is 0.206. The van der Waals surface area contributed by atoms with Gasteiger partial charge in [0, 0.05) is 43.7 Å². The van der Waals surface area contributed by atoms with Gasteiger partial charge in [0.2, 0.25) is 5.91 Å². The van der Waals surface area contributed by atoms with Crippen molar-refractivity contribution in [3.05, 3.63) is 83.4 Å². The maximum Gasteiger partial charge on any atom is 0.308 e. The molecule has 0 saturated carbocycles. The van der Waals surface area contributed by atoms with Gasteiger partial charge in [-0.3, -0.25) is 14.4 Å². The van der Waals surface area contributed by atoms with Crippen molar-refractivity contribution in [2.75, 3.05) is 30.3 Å². The molecule has 0 aliphatic carbocycles. The molecule has 0 bridgehead atoms. The van der Waals surface area contributed by atoms with Gasteiger partial charge in [-0.25, -0.2) is 0 Å². The minimum absolute atomic E-state index is 0.0200. The number of nitrogens with one attached hydrogen (secondary N) is 2. The lowest BCUT2D eigenvalue weighted by Gasteiger charge is -2.16. The fraction of sp³-hybridized carbons (Fsp3) is 0.233. The van der Waals surface area contributed by atoms with Gasteiger partial charge in [-0.1, -0.05) is 24.3 Å². The standard InChI is InChI=1S/C30H27N5O5/c1-18(36)35-16-25(26(17-35)29(38)39)21-6-8-22(9-7-21)32-15-24(37)12-19-5-10-27-28(13-19)40-30(34-27)33-23-4-2-3-20(11-23)14-31/h2-11,13,25-26,32H,12,15-17H2,1H3,(H,33,34)(H,38,39).